The molecule has 0 bridgehead atoms. The van der Waals surface area contributed by atoms with Crippen molar-refractivity contribution in [2.45, 2.75) is 18.9 Å². The fourth-order valence-electron chi connectivity index (χ4n) is 1.65. The zero-order valence-corrected chi connectivity index (χ0v) is 9.67. The lowest BCUT2D eigenvalue weighted by Gasteiger charge is -2.03. The normalized spacial score (nSPS) is 20.1. The zero-order valence-electron chi connectivity index (χ0n) is 8.08. The van der Waals surface area contributed by atoms with Crippen LogP contribution < -0.4 is 0 Å². The second-order valence-corrected chi connectivity index (χ2v) is 4.23. The molecule has 1 aromatic heterocycles. The minimum Gasteiger partial charge on any atom is -0.281 e. The average molecular weight is 269 g/mol. The van der Waals surface area contributed by atoms with E-state index in [9.17, 15) is 4.39 Å². The molecule has 1 atom stereocenters. The summed E-state index contributed by atoms with van der Waals surface area (Å²) in [7, 11) is 0. The second-order valence-electron chi connectivity index (χ2n) is 3.38. The van der Waals surface area contributed by atoms with Crippen molar-refractivity contribution in [3.05, 3.63) is 40.9 Å². The van der Waals surface area contributed by atoms with Crippen molar-refractivity contribution in [2.75, 3.05) is 0 Å². The molecule has 1 unspecified atom stereocenters. The molecule has 0 saturated carbocycles. The van der Waals surface area contributed by atoms with Crippen LogP contribution >= 0.6 is 15.9 Å². The first-order valence-corrected chi connectivity index (χ1v) is 5.51. The van der Waals surface area contributed by atoms with E-state index < -0.39 is 5.95 Å². The summed E-state index contributed by atoms with van der Waals surface area (Å²) in [6.45, 7) is 3.69. The van der Waals surface area contributed by atoms with Crippen molar-refractivity contribution in [1.29, 1.82) is 0 Å². The Morgan fingerprint density at radius 3 is 3.00 bits per heavy atom. The van der Waals surface area contributed by atoms with Gasteiger partial charge in [-0.3, -0.25) is 4.99 Å². The lowest BCUT2D eigenvalue weighted by atomic mass is 10.1. The topological polar surface area (TPSA) is 25.2 Å². The number of aliphatic imine (C=N–C) groups is 1. The maximum Gasteiger partial charge on any atom is 0.223 e. The van der Waals surface area contributed by atoms with E-state index in [0.29, 0.717) is 10.0 Å². The highest BCUT2D eigenvalue weighted by Crippen LogP contribution is 2.25. The number of rotatable bonds is 2. The van der Waals surface area contributed by atoms with E-state index in [0.717, 1.165) is 18.6 Å². The molecule has 0 saturated heterocycles. The molecule has 0 radical (unpaired) electrons. The van der Waals surface area contributed by atoms with Gasteiger partial charge in [0.25, 0.3) is 0 Å². The van der Waals surface area contributed by atoms with E-state index in [-0.39, 0.29) is 6.04 Å². The summed E-state index contributed by atoms with van der Waals surface area (Å²) in [4.78, 5) is 8.02. The van der Waals surface area contributed by atoms with Gasteiger partial charge in [0.2, 0.25) is 5.95 Å². The number of halogens is 2. The maximum atomic E-state index is 13.5. The molecule has 1 aliphatic heterocycles. The fourth-order valence-corrected chi connectivity index (χ4v) is 2.16. The van der Waals surface area contributed by atoms with Gasteiger partial charge in [0, 0.05) is 16.4 Å². The molecule has 0 N–H and O–H groups in total. The molecule has 0 spiro atoms. The van der Waals surface area contributed by atoms with Crippen LogP contribution in [0, 0.1) is 5.95 Å². The molecule has 2 rings (SSSR count). The molecular weight excluding hydrogens is 259 g/mol. The third-order valence-corrected chi connectivity index (χ3v) is 3.07. The van der Waals surface area contributed by atoms with Gasteiger partial charge < -0.3 is 0 Å². The van der Waals surface area contributed by atoms with Crippen LogP contribution in [0.1, 0.15) is 18.4 Å². The summed E-state index contributed by atoms with van der Waals surface area (Å²) in [5, 5.41) is 0. The van der Waals surface area contributed by atoms with Crippen LogP contribution in [0.2, 0.25) is 0 Å². The van der Waals surface area contributed by atoms with Crippen molar-refractivity contribution in [3.63, 3.8) is 0 Å². The van der Waals surface area contributed by atoms with Gasteiger partial charge in [0.05, 0.1) is 11.6 Å². The number of aromatic nitrogens is 1. The van der Waals surface area contributed by atoms with E-state index in [4.69, 9.17) is 0 Å². The van der Waals surface area contributed by atoms with Gasteiger partial charge in [0.15, 0.2) is 0 Å². The Morgan fingerprint density at radius 1 is 1.60 bits per heavy atom. The monoisotopic (exact) mass is 268 g/mol. The number of pyridine rings is 1. The predicted molar refractivity (Wildman–Crippen MR) is 61.7 cm³/mol. The number of hydrogen-bond acceptors (Lipinski definition) is 2. The molecule has 78 valence electrons. The summed E-state index contributed by atoms with van der Waals surface area (Å²) in [5.74, 6) is -0.465. The zero-order chi connectivity index (χ0) is 10.8. The van der Waals surface area contributed by atoms with Gasteiger partial charge in [-0.15, -0.1) is 6.58 Å². The highest BCUT2D eigenvalue weighted by Gasteiger charge is 2.21. The lowest BCUT2D eigenvalue weighted by molar-refractivity contribution is 0.580. The summed E-state index contributed by atoms with van der Waals surface area (Å²) < 4.78 is 14.2. The minimum absolute atomic E-state index is 0.117. The van der Waals surface area contributed by atoms with Crippen LogP contribution in [-0.4, -0.2) is 16.7 Å². The molecule has 1 aliphatic rings. The molecule has 1 aromatic rings. The van der Waals surface area contributed by atoms with Crippen LogP contribution in [0.3, 0.4) is 0 Å². The molecule has 2 heterocycles. The quantitative estimate of drug-likeness (QED) is 0.598. The highest BCUT2D eigenvalue weighted by atomic mass is 79.9. The Bertz CT molecular complexity index is 408. The Morgan fingerprint density at radius 2 is 2.40 bits per heavy atom. The van der Waals surface area contributed by atoms with Crippen LogP contribution in [0.15, 0.2) is 34.4 Å². The second kappa shape index (κ2) is 4.23. The van der Waals surface area contributed by atoms with Gasteiger partial charge in [-0.2, -0.15) is 4.39 Å². The Balaban J connectivity index is 2.42. The Labute approximate surface area is 96.1 Å². The molecular formula is C11H10BrFN2. The number of hydrogen-bond donors (Lipinski definition) is 0. The molecule has 15 heavy (non-hydrogen) atoms. The summed E-state index contributed by atoms with van der Waals surface area (Å²) >= 11 is 3.31. The summed E-state index contributed by atoms with van der Waals surface area (Å²) in [6.07, 6.45) is 4.90. The Hall–Kier alpha value is -1.03. The predicted octanol–water partition coefficient (Wildman–Crippen LogP) is 3.12. The van der Waals surface area contributed by atoms with Crippen LogP contribution in [-0.2, 0) is 0 Å². The molecule has 0 fully saturated rings. The van der Waals surface area contributed by atoms with Crippen molar-refractivity contribution >= 4 is 21.6 Å². The highest BCUT2D eigenvalue weighted by molar-refractivity contribution is 9.10. The fraction of sp³-hybridized carbons (Fsp3) is 0.273. The molecule has 4 heteroatoms. The Kier molecular flexibility index (Phi) is 2.95. The molecule has 0 aromatic carbocycles. The van der Waals surface area contributed by atoms with Crippen molar-refractivity contribution in [1.82, 2.24) is 4.98 Å². The largest absolute Gasteiger partial charge is 0.281 e. The molecule has 0 amide bonds. The van der Waals surface area contributed by atoms with E-state index in [1.165, 1.54) is 6.20 Å². The standard InChI is InChI=1S/C11H10BrFN2/c1-2-7-3-4-9(15-7)10-8(12)5-6-14-11(10)13/h2,5-7H,1,3-4H2. The first-order valence-electron chi connectivity index (χ1n) is 4.72. The smallest absolute Gasteiger partial charge is 0.223 e. The summed E-state index contributed by atoms with van der Waals surface area (Å²) in [6, 6.07) is 1.84. The van der Waals surface area contributed by atoms with Gasteiger partial charge in [0.1, 0.15) is 0 Å². The number of nitrogens with zero attached hydrogens (tertiary/aromatic N) is 2. The first-order chi connectivity index (χ1) is 7.22. The summed E-state index contributed by atoms with van der Waals surface area (Å²) in [5.41, 5.74) is 1.26. The van der Waals surface area contributed by atoms with E-state index in [1.807, 2.05) is 0 Å². The molecule has 2 nitrogen and oxygen atoms in total. The van der Waals surface area contributed by atoms with E-state index in [2.05, 4.69) is 32.5 Å². The average Bonchev–Trinajstić information content (AvgIpc) is 2.66. The van der Waals surface area contributed by atoms with Crippen LogP contribution in [0.25, 0.3) is 0 Å². The van der Waals surface area contributed by atoms with E-state index in [1.54, 1.807) is 12.1 Å². The van der Waals surface area contributed by atoms with Gasteiger partial charge in [-0.05, 0) is 34.8 Å². The van der Waals surface area contributed by atoms with Gasteiger partial charge >= 0.3 is 0 Å². The van der Waals surface area contributed by atoms with Crippen molar-refractivity contribution in [2.24, 2.45) is 4.99 Å². The van der Waals surface area contributed by atoms with Crippen LogP contribution in [0.4, 0.5) is 4.39 Å². The van der Waals surface area contributed by atoms with Crippen molar-refractivity contribution in [3.8, 4) is 0 Å². The third-order valence-electron chi connectivity index (χ3n) is 2.41. The SMILES string of the molecule is C=CC1CCC(c2c(Br)ccnc2F)=N1. The van der Waals surface area contributed by atoms with Crippen LogP contribution in [0.5, 0.6) is 0 Å². The minimum atomic E-state index is -0.465. The molecule has 0 aliphatic carbocycles. The van der Waals surface area contributed by atoms with Gasteiger partial charge in [-0.1, -0.05) is 6.08 Å². The first kappa shape index (κ1) is 10.5. The third kappa shape index (κ3) is 2.00. The maximum absolute atomic E-state index is 13.5. The lowest BCUT2D eigenvalue weighted by Crippen LogP contribution is -2.03. The van der Waals surface area contributed by atoms with Gasteiger partial charge in [-0.25, -0.2) is 4.98 Å². The van der Waals surface area contributed by atoms with Crippen molar-refractivity contribution < 1.29 is 4.39 Å². The van der Waals surface area contributed by atoms with E-state index >= 15 is 0 Å².